The van der Waals surface area contributed by atoms with Crippen molar-refractivity contribution in [2.75, 3.05) is 24.3 Å². The molecule has 0 aliphatic carbocycles. The number of fused-ring (bicyclic) bond motifs is 1. The zero-order valence-electron chi connectivity index (χ0n) is 13.6. The van der Waals surface area contributed by atoms with Crippen LogP contribution in [0.4, 0.5) is 11.5 Å². The molecule has 7 nitrogen and oxygen atoms in total. The summed E-state index contributed by atoms with van der Waals surface area (Å²) in [6.45, 7) is 2.44. The third-order valence-electron chi connectivity index (χ3n) is 3.68. The van der Waals surface area contributed by atoms with Gasteiger partial charge in [0, 0.05) is 31.0 Å². The number of anilines is 2. The summed E-state index contributed by atoms with van der Waals surface area (Å²) in [5.74, 6) is 1.56. The minimum absolute atomic E-state index is 0.0498. The van der Waals surface area contributed by atoms with Crippen LogP contribution in [0.25, 0.3) is 5.65 Å². The third-order valence-corrected chi connectivity index (χ3v) is 3.68. The van der Waals surface area contributed by atoms with Gasteiger partial charge in [0.2, 0.25) is 5.91 Å². The highest BCUT2D eigenvalue weighted by atomic mass is 16.5. The fourth-order valence-electron chi connectivity index (χ4n) is 2.39. The first-order valence-electron chi connectivity index (χ1n) is 7.63. The Morgan fingerprint density at radius 3 is 3.00 bits per heavy atom. The molecule has 124 valence electrons. The van der Waals surface area contributed by atoms with Gasteiger partial charge >= 0.3 is 0 Å². The summed E-state index contributed by atoms with van der Waals surface area (Å²) in [6, 6.07) is 5.56. The molecular formula is C17H19N5O2. The van der Waals surface area contributed by atoms with E-state index in [4.69, 9.17) is 4.74 Å². The molecule has 0 aliphatic rings. The Morgan fingerprint density at radius 1 is 1.33 bits per heavy atom. The molecule has 0 atom stereocenters. The summed E-state index contributed by atoms with van der Waals surface area (Å²) < 4.78 is 7.05. The number of nitrogens with zero attached hydrogens (tertiary/aromatic N) is 3. The second-order valence-corrected chi connectivity index (χ2v) is 5.35. The number of carbonyl (C=O) groups excluding carboxylic acids is 1. The quantitative estimate of drug-likeness (QED) is 0.728. The number of nitrogens with one attached hydrogen (secondary N) is 2. The topological polar surface area (TPSA) is 80.5 Å². The normalized spacial score (nSPS) is 10.6. The summed E-state index contributed by atoms with van der Waals surface area (Å²) in [5.41, 5.74) is 2.52. The Hall–Kier alpha value is -3.09. The molecule has 0 unspecified atom stereocenters. The van der Waals surface area contributed by atoms with E-state index in [1.807, 2.05) is 35.7 Å². The van der Waals surface area contributed by atoms with Gasteiger partial charge in [-0.15, -0.1) is 0 Å². The fourth-order valence-corrected chi connectivity index (χ4v) is 2.39. The number of methoxy groups -OCH3 is 1. The Kier molecular flexibility index (Phi) is 4.60. The monoisotopic (exact) mass is 325 g/mol. The van der Waals surface area contributed by atoms with Crippen molar-refractivity contribution in [3.05, 3.63) is 48.5 Å². The smallest absolute Gasteiger partial charge is 0.226 e. The lowest BCUT2D eigenvalue weighted by Gasteiger charge is -2.10. The maximum Gasteiger partial charge on any atom is 0.226 e. The molecule has 0 saturated carbocycles. The highest BCUT2D eigenvalue weighted by Crippen LogP contribution is 2.21. The zero-order chi connectivity index (χ0) is 16.9. The number of aryl methyl sites for hydroxylation is 1. The van der Waals surface area contributed by atoms with E-state index in [0.717, 1.165) is 28.5 Å². The van der Waals surface area contributed by atoms with Crippen molar-refractivity contribution in [1.29, 1.82) is 0 Å². The summed E-state index contributed by atoms with van der Waals surface area (Å²) >= 11 is 0. The van der Waals surface area contributed by atoms with Crippen molar-refractivity contribution in [2.24, 2.45) is 0 Å². The Morgan fingerprint density at radius 2 is 2.21 bits per heavy atom. The predicted octanol–water partition coefficient (Wildman–Crippen LogP) is 2.49. The second kappa shape index (κ2) is 6.99. The molecule has 0 spiro atoms. The lowest BCUT2D eigenvalue weighted by molar-refractivity contribution is -0.115. The van der Waals surface area contributed by atoms with Gasteiger partial charge in [0.25, 0.3) is 0 Å². The van der Waals surface area contributed by atoms with Crippen molar-refractivity contribution in [2.45, 2.75) is 13.3 Å². The summed E-state index contributed by atoms with van der Waals surface area (Å²) in [7, 11) is 1.62. The number of hydrogen-bond acceptors (Lipinski definition) is 5. The Balaban J connectivity index is 1.54. The molecule has 3 aromatic rings. The van der Waals surface area contributed by atoms with Crippen molar-refractivity contribution < 1.29 is 9.53 Å². The molecule has 0 radical (unpaired) electrons. The Bertz CT molecular complexity index is 859. The van der Waals surface area contributed by atoms with E-state index in [1.165, 1.54) is 0 Å². The maximum atomic E-state index is 12.1. The molecule has 2 heterocycles. The third kappa shape index (κ3) is 3.45. The van der Waals surface area contributed by atoms with Crippen molar-refractivity contribution in [1.82, 2.24) is 14.4 Å². The van der Waals surface area contributed by atoms with E-state index < -0.39 is 0 Å². The SMILES string of the molecule is COc1ccc(NC(=O)CCNc2cnc3cnccn23)c(C)c1. The molecule has 24 heavy (non-hydrogen) atoms. The van der Waals surface area contributed by atoms with E-state index in [0.29, 0.717) is 13.0 Å². The summed E-state index contributed by atoms with van der Waals surface area (Å²) in [6.07, 6.45) is 7.28. The maximum absolute atomic E-state index is 12.1. The van der Waals surface area contributed by atoms with Crippen LogP contribution in [0.15, 0.2) is 43.0 Å². The lowest BCUT2D eigenvalue weighted by atomic mass is 10.2. The van der Waals surface area contributed by atoms with Crippen LogP contribution >= 0.6 is 0 Å². The number of aromatic nitrogens is 3. The molecule has 1 aromatic carbocycles. The number of amides is 1. The highest BCUT2D eigenvalue weighted by molar-refractivity contribution is 5.91. The van der Waals surface area contributed by atoms with E-state index >= 15 is 0 Å². The van der Waals surface area contributed by atoms with Gasteiger partial charge in [-0.25, -0.2) is 4.98 Å². The molecule has 0 aliphatic heterocycles. The molecule has 7 heteroatoms. The van der Waals surface area contributed by atoms with Crippen LogP contribution in [0.1, 0.15) is 12.0 Å². The lowest BCUT2D eigenvalue weighted by Crippen LogP contribution is -2.17. The second-order valence-electron chi connectivity index (χ2n) is 5.35. The van der Waals surface area contributed by atoms with Gasteiger partial charge in [-0.2, -0.15) is 0 Å². The summed E-state index contributed by atoms with van der Waals surface area (Å²) in [4.78, 5) is 20.4. The van der Waals surface area contributed by atoms with Gasteiger partial charge in [-0.05, 0) is 30.7 Å². The van der Waals surface area contributed by atoms with Crippen LogP contribution in [0, 0.1) is 6.92 Å². The molecular weight excluding hydrogens is 306 g/mol. The van der Waals surface area contributed by atoms with Gasteiger partial charge in [0.15, 0.2) is 5.65 Å². The molecule has 2 N–H and O–H groups in total. The van der Waals surface area contributed by atoms with E-state index in [2.05, 4.69) is 20.6 Å². The zero-order valence-corrected chi connectivity index (χ0v) is 13.6. The van der Waals surface area contributed by atoms with E-state index in [-0.39, 0.29) is 5.91 Å². The fraction of sp³-hybridized carbons (Fsp3) is 0.235. The standard InChI is InChI=1S/C17H19N5O2/c1-12-9-13(24-2)3-4-14(12)21-17(23)5-6-19-16-11-20-15-10-18-7-8-22(15)16/h3-4,7-11,19H,5-6H2,1-2H3,(H,21,23). The average Bonchev–Trinajstić information content (AvgIpc) is 3.00. The predicted molar refractivity (Wildman–Crippen MR) is 92.5 cm³/mol. The molecule has 0 fully saturated rings. The highest BCUT2D eigenvalue weighted by Gasteiger charge is 2.07. The van der Waals surface area contributed by atoms with Crippen LogP contribution in [0.5, 0.6) is 5.75 Å². The van der Waals surface area contributed by atoms with Gasteiger partial charge < -0.3 is 15.4 Å². The van der Waals surface area contributed by atoms with Crippen LogP contribution < -0.4 is 15.4 Å². The van der Waals surface area contributed by atoms with Crippen LogP contribution in [0.2, 0.25) is 0 Å². The minimum atomic E-state index is -0.0498. The number of benzene rings is 1. The van der Waals surface area contributed by atoms with Gasteiger partial charge in [0.05, 0.1) is 19.5 Å². The van der Waals surface area contributed by atoms with Crippen LogP contribution in [0.3, 0.4) is 0 Å². The first-order chi connectivity index (χ1) is 11.7. The van der Waals surface area contributed by atoms with E-state index in [1.54, 1.807) is 25.7 Å². The first kappa shape index (κ1) is 15.8. The molecule has 3 rings (SSSR count). The average molecular weight is 325 g/mol. The van der Waals surface area contributed by atoms with Gasteiger partial charge in [-0.1, -0.05) is 0 Å². The molecule has 0 bridgehead atoms. The number of hydrogen-bond donors (Lipinski definition) is 2. The van der Waals surface area contributed by atoms with Crippen LogP contribution in [-0.4, -0.2) is 33.9 Å². The Labute approximate surface area is 139 Å². The first-order valence-corrected chi connectivity index (χ1v) is 7.63. The number of ether oxygens (including phenoxy) is 1. The number of imidazole rings is 1. The van der Waals surface area contributed by atoms with Gasteiger partial charge in [-0.3, -0.25) is 14.2 Å². The van der Waals surface area contributed by atoms with Crippen LogP contribution in [-0.2, 0) is 4.79 Å². The number of carbonyl (C=O) groups is 1. The number of rotatable bonds is 6. The molecule has 0 saturated heterocycles. The largest absolute Gasteiger partial charge is 0.497 e. The minimum Gasteiger partial charge on any atom is -0.497 e. The van der Waals surface area contributed by atoms with Crippen molar-refractivity contribution >= 4 is 23.1 Å². The summed E-state index contributed by atoms with van der Waals surface area (Å²) in [5, 5.41) is 6.12. The van der Waals surface area contributed by atoms with Crippen molar-refractivity contribution in [3.8, 4) is 5.75 Å². The molecule has 1 amide bonds. The van der Waals surface area contributed by atoms with E-state index in [9.17, 15) is 4.79 Å². The van der Waals surface area contributed by atoms with Gasteiger partial charge in [0.1, 0.15) is 11.6 Å². The van der Waals surface area contributed by atoms with Crippen molar-refractivity contribution in [3.63, 3.8) is 0 Å². The molecule has 2 aromatic heterocycles.